The first-order chi connectivity index (χ1) is 12.0. The maximum absolute atomic E-state index is 12.5. The minimum Gasteiger partial charge on any atom is -0.451 e. The van der Waals surface area contributed by atoms with Crippen molar-refractivity contribution in [1.29, 1.82) is 0 Å². The Balaban J connectivity index is 1.56. The number of amides is 1. The Hall–Kier alpha value is -2.50. The predicted molar refractivity (Wildman–Crippen MR) is 97.3 cm³/mol. The first-order valence-electron chi connectivity index (χ1n) is 7.61. The zero-order chi connectivity index (χ0) is 17.6. The van der Waals surface area contributed by atoms with Gasteiger partial charge in [-0.1, -0.05) is 23.2 Å². The van der Waals surface area contributed by atoms with Crippen LogP contribution in [0.4, 0.5) is 0 Å². The monoisotopic (exact) mass is 373 g/mol. The second-order valence-electron chi connectivity index (χ2n) is 5.72. The molecule has 7 heteroatoms. The number of fused-ring (bicyclic) bond motifs is 2. The molecule has 0 aliphatic carbocycles. The molecule has 3 aromatic heterocycles. The van der Waals surface area contributed by atoms with Crippen molar-refractivity contribution in [2.75, 3.05) is 0 Å². The van der Waals surface area contributed by atoms with Gasteiger partial charge in [0.05, 0.1) is 17.3 Å². The van der Waals surface area contributed by atoms with E-state index in [9.17, 15) is 4.79 Å². The molecule has 0 fully saturated rings. The van der Waals surface area contributed by atoms with Crippen LogP contribution in [0.25, 0.3) is 16.6 Å². The molecule has 0 aliphatic heterocycles. The quantitative estimate of drug-likeness (QED) is 0.569. The Morgan fingerprint density at radius 1 is 1.20 bits per heavy atom. The summed E-state index contributed by atoms with van der Waals surface area (Å²) in [5.41, 5.74) is 2.89. The summed E-state index contributed by atoms with van der Waals surface area (Å²) in [5.74, 6) is -0.0102. The Kier molecular flexibility index (Phi) is 3.90. The lowest BCUT2D eigenvalue weighted by Crippen LogP contribution is -2.23. The molecule has 0 saturated heterocycles. The van der Waals surface area contributed by atoms with Crippen molar-refractivity contribution in [3.63, 3.8) is 0 Å². The largest absolute Gasteiger partial charge is 0.451 e. The van der Waals surface area contributed by atoms with Gasteiger partial charge in [-0.3, -0.25) is 4.79 Å². The average molecular weight is 374 g/mol. The van der Waals surface area contributed by atoms with Crippen LogP contribution < -0.4 is 5.32 Å². The molecule has 0 unspecified atom stereocenters. The molecule has 4 rings (SSSR count). The molecule has 3 heterocycles. The fourth-order valence-electron chi connectivity index (χ4n) is 2.76. The molecular formula is C18H13Cl2N3O2. The van der Waals surface area contributed by atoms with E-state index < -0.39 is 0 Å². The number of carbonyl (C=O) groups is 1. The number of nitrogens with zero attached hydrogens (tertiary/aromatic N) is 2. The molecule has 1 N–H and O–H groups in total. The number of hydrogen-bond donors (Lipinski definition) is 1. The lowest BCUT2D eigenvalue weighted by molar-refractivity contribution is 0.0924. The van der Waals surface area contributed by atoms with Gasteiger partial charge < -0.3 is 14.1 Å². The van der Waals surface area contributed by atoms with Gasteiger partial charge in [-0.15, -0.1) is 0 Å². The smallest absolute Gasteiger partial charge is 0.287 e. The fraction of sp³-hybridized carbons (Fsp3) is 0.111. The van der Waals surface area contributed by atoms with Crippen molar-refractivity contribution in [3.05, 3.63) is 69.8 Å². The molecule has 0 atom stereocenters. The third kappa shape index (κ3) is 2.97. The molecule has 126 valence electrons. The van der Waals surface area contributed by atoms with Crippen molar-refractivity contribution in [2.45, 2.75) is 13.5 Å². The van der Waals surface area contributed by atoms with E-state index in [0.29, 0.717) is 15.6 Å². The van der Waals surface area contributed by atoms with E-state index >= 15 is 0 Å². The Morgan fingerprint density at radius 2 is 2.00 bits per heavy atom. The standard InChI is InChI=1S/C18H13Cl2N3O2/c1-10-14-6-11(19)2-4-15(14)25-17(10)18(24)21-7-13-9-23-8-12(20)3-5-16(23)22-13/h2-6,8-9H,7H2,1H3,(H,21,24). The second kappa shape index (κ2) is 6.10. The molecule has 0 saturated carbocycles. The van der Waals surface area contributed by atoms with Crippen LogP contribution in [0.2, 0.25) is 10.0 Å². The molecule has 1 aromatic carbocycles. The minimum atomic E-state index is -0.292. The van der Waals surface area contributed by atoms with E-state index in [1.807, 2.05) is 23.6 Å². The van der Waals surface area contributed by atoms with Gasteiger partial charge in [0.15, 0.2) is 5.76 Å². The fourth-order valence-corrected chi connectivity index (χ4v) is 3.10. The van der Waals surface area contributed by atoms with Crippen molar-refractivity contribution < 1.29 is 9.21 Å². The summed E-state index contributed by atoms with van der Waals surface area (Å²) in [5, 5.41) is 4.89. The van der Waals surface area contributed by atoms with Gasteiger partial charge in [-0.05, 0) is 37.3 Å². The molecule has 0 bridgehead atoms. The highest BCUT2D eigenvalue weighted by molar-refractivity contribution is 6.31. The zero-order valence-corrected chi connectivity index (χ0v) is 14.7. The number of nitrogens with one attached hydrogen (secondary N) is 1. The topological polar surface area (TPSA) is 59.5 Å². The number of carbonyl (C=O) groups excluding carboxylic acids is 1. The summed E-state index contributed by atoms with van der Waals surface area (Å²) in [6, 6.07) is 8.87. The van der Waals surface area contributed by atoms with Crippen LogP contribution in [0.15, 0.2) is 47.1 Å². The highest BCUT2D eigenvalue weighted by Crippen LogP contribution is 2.27. The number of furan rings is 1. The SMILES string of the molecule is Cc1c(C(=O)NCc2cn3cc(Cl)ccc3n2)oc2ccc(Cl)cc12. The van der Waals surface area contributed by atoms with Crippen molar-refractivity contribution in [3.8, 4) is 0 Å². The summed E-state index contributed by atoms with van der Waals surface area (Å²) in [4.78, 5) is 16.9. The van der Waals surface area contributed by atoms with Gasteiger partial charge in [0, 0.05) is 28.4 Å². The van der Waals surface area contributed by atoms with Gasteiger partial charge in [0.2, 0.25) is 0 Å². The number of aryl methyl sites for hydroxylation is 1. The zero-order valence-electron chi connectivity index (χ0n) is 13.2. The average Bonchev–Trinajstić information content (AvgIpc) is 3.13. The highest BCUT2D eigenvalue weighted by Gasteiger charge is 2.18. The molecular weight excluding hydrogens is 361 g/mol. The van der Waals surface area contributed by atoms with Crippen LogP contribution >= 0.6 is 23.2 Å². The first kappa shape index (κ1) is 16.0. The molecule has 5 nitrogen and oxygen atoms in total. The maximum atomic E-state index is 12.5. The summed E-state index contributed by atoms with van der Waals surface area (Å²) < 4.78 is 7.48. The van der Waals surface area contributed by atoms with E-state index in [0.717, 1.165) is 22.3 Å². The maximum Gasteiger partial charge on any atom is 0.287 e. The molecule has 0 radical (unpaired) electrons. The van der Waals surface area contributed by atoms with Gasteiger partial charge in [0.25, 0.3) is 5.91 Å². The Morgan fingerprint density at radius 3 is 2.84 bits per heavy atom. The number of halogens is 2. The van der Waals surface area contributed by atoms with Gasteiger partial charge in [-0.25, -0.2) is 4.98 Å². The van der Waals surface area contributed by atoms with Crippen LogP contribution in [0, 0.1) is 6.92 Å². The lowest BCUT2D eigenvalue weighted by atomic mass is 10.1. The van der Waals surface area contributed by atoms with Gasteiger partial charge in [-0.2, -0.15) is 0 Å². The molecule has 0 aliphatic rings. The number of imidazole rings is 1. The van der Waals surface area contributed by atoms with Crippen molar-refractivity contribution >= 4 is 45.7 Å². The summed E-state index contributed by atoms with van der Waals surface area (Å²) >= 11 is 12.0. The van der Waals surface area contributed by atoms with Crippen LogP contribution in [0.5, 0.6) is 0 Å². The summed E-state index contributed by atoms with van der Waals surface area (Å²) in [7, 11) is 0. The van der Waals surface area contributed by atoms with Crippen LogP contribution in [-0.4, -0.2) is 15.3 Å². The second-order valence-corrected chi connectivity index (χ2v) is 6.60. The Bertz CT molecular complexity index is 1110. The van der Waals surface area contributed by atoms with Crippen LogP contribution in [0.1, 0.15) is 21.8 Å². The number of pyridine rings is 1. The van der Waals surface area contributed by atoms with Crippen molar-refractivity contribution in [1.82, 2.24) is 14.7 Å². The molecule has 1 amide bonds. The van der Waals surface area contributed by atoms with Crippen LogP contribution in [0.3, 0.4) is 0 Å². The van der Waals surface area contributed by atoms with E-state index in [4.69, 9.17) is 27.6 Å². The van der Waals surface area contributed by atoms with E-state index in [1.54, 1.807) is 30.5 Å². The molecule has 0 spiro atoms. The van der Waals surface area contributed by atoms with E-state index in [-0.39, 0.29) is 18.2 Å². The van der Waals surface area contributed by atoms with Crippen LogP contribution in [-0.2, 0) is 6.54 Å². The third-order valence-corrected chi connectivity index (χ3v) is 4.46. The minimum absolute atomic E-state index is 0.282. The molecule has 4 aromatic rings. The Labute approximate surface area is 153 Å². The first-order valence-corrected chi connectivity index (χ1v) is 8.37. The lowest BCUT2D eigenvalue weighted by Gasteiger charge is -2.01. The number of benzene rings is 1. The van der Waals surface area contributed by atoms with E-state index in [1.165, 1.54) is 0 Å². The molecule has 25 heavy (non-hydrogen) atoms. The third-order valence-electron chi connectivity index (χ3n) is 4.00. The normalized spacial score (nSPS) is 11.3. The number of aromatic nitrogens is 2. The number of rotatable bonds is 3. The summed E-state index contributed by atoms with van der Waals surface area (Å²) in [6.45, 7) is 2.12. The summed E-state index contributed by atoms with van der Waals surface area (Å²) in [6.07, 6.45) is 3.59. The van der Waals surface area contributed by atoms with Gasteiger partial charge in [0.1, 0.15) is 11.2 Å². The van der Waals surface area contributed by atoms with Crippen molar-refractivity contribution in [2.24, 2.45) is 0 Å². The van der Waals surface area contributed by atoms with E-state index in [2.05, 4.69) is 10.3 Å². The van der Waals surface area contributed by atoms with Gasteiger partial charge >= 0.3 is 0 Å². The highest BCUT2D eigenvalue weighted by atomic mass is 35.5. The predicted octanol–water partition coefficient (Wildman–Crippen LogP) is 4.63. The number of hydrogen-bond acceptors (Lipinski definition) is 3.